The van der Waals surface area contributed by atoms with Gasteiger partial charge in [0.1, 0.15) is 11.8 Å². The van der Waals surface area contributed by atoms with E-state index in [9.17, 15) is 14.4 Å². The van der Waals surface area contributed by atoms with Crippen LogP contribution in [0.4, 0.5) is 0 Å². The Hall–Kier alpha value is -2.97. The third kappa shape index (κ3) is 2.92. The molecular weight excluding hydrogens is 330 g/mol. The van der Waals surface area contributed by atoms with E-state index in [2.05, 4.69) is 5.32 Å². The smallest absolute Gasteiger partial charge is 0.260 e. The molecule has 0 radical (unpaired) electrons. The Kier molecular flexibility index (Phi) is 3.83. The van der Waals surface area contributed by atoms with E-state index in [0.29, 0.717) is 30.3 Å². The van der Waals surface area contributed by atoms with Crippen LogP contribution in [0.1, 0.15) is 0 Å². The molecule has 4 rings (SSSR count). The lowest BCUT2D eigenvalue weighted by Crippen LogP contribution is -2.66. The topological polar surface area (TPSA) is 97.4 Å². The van der Waals surface area contributed by atoms with E-state index in [1.54, 1.807) is 23.1 Å². The highest BCUT2D eigenvalue weighted by Gasteiger charge is 2.39. The highest BCUT2D eigenvalue weighted by molar-refractivity contribution is 5.95. The van der Waals surface area contributed by atoms with Gasteiger partial charge in [0.25, 0.3) is 5.91 Å². The fourth-order valence-electron chi connectivity index (χ4n) is 3.12. The Morgan fingerprint density at radius 1 is 1.24 bits per heavy atom. The number of fused-ring (bicyclic) bond motifs is 2. The number of rotatable bonds is 3. The average molecular weight is 347 g/mol. The van der Waals surface area contributed by atoms with Crippen LogP contribution in [0, 0.1) is 0 Å². The summed E-state index contributed by atoms with van der Waals surface area (Å²) < 4.78 is 16.0. The Bertz CT molecular complexity index is 737. The van der Waals surface area contributed by atoms with E-state index in [-0.39, 0.29) is 44.2 Å². The highest BCUT2D eigenvalue weighted by Crippen LogP contribution is 2.35. The molecule has 0 aromatic heterocycles. The van der Waals surface area contributed by atoms with Crippen LogP contribution in [0.2, 0.25) is 0 Å². The van der Waals surface area contributed by atoms with Crippen molar-refractivity contribution in [2.75, 3.05) is 39.6 Å². The number of nitrogens with zero attached hydrogens (tertiary/aromatic N) is 2. The van der Waals surface area contributed by atoms with Crippen LogP contribution in [0.3, 0.4) is 0 Å². The van der Waals surface area contributed by atoms with Gasteiger partial charge in [0, 0.05) is 19.2 Å². The fourth-order valence-corrected chi connectivity index (χ4v) is 3.12. The Morgan fingerprint density at radius 3 is 2.96 bits per heavy atom. The second-order valence-electron chi connectivity index (χ2n) is 5.96. The van der Waals surface area contributed by atoms with Gasteiger partial charge in [-0.3, -0.25) is 14.4 Å². The SMILES string of the molecule is O=C1NCC(=O)N2CCN(C(=O)COc3ccc4c(c3)OCO4)C[C@@H]12. The van der Waals surface area contributed by atoms with Gasteiger partial charge in [-0.15, -0.1) is 0 Å². The van der Waals surface area contributed by atoms with Crippen molar-refractivity contribution in [1.29, 1.82) is 0 Å². The Labute approximate surface area is 143 Å². The Morgan fingerprint density at radius 2 is 2.08 bits per heavy atom. The summed E-state index contributed by atoms with van der Waals surface area (Å²) in [5.41, 5.74) is 0. The molecule has 3 aliphatic rings. The van der Waals surface area contributed by atoms with Crippen LogP contribution >= 0.6 is 0 Å². The van der Waals surface area contributed by atoms with Crippen molar-refractivity contribution in [2.24, 2.45) is 0 Å². The molecule has 0 unspecified atom stereocenters. The molecule has 3 aliphatic heterocycles. The normalized spacial score (nSPS) is 21.7. The van der Waals surface area contributed by atoms with E-state index in [1.165, 1.54) is 4.90 Å². The predicted octanol–water partition coefficient (Wildman–Crippen LogP) is -1.04. The minimum absolute atomic E-state index is 0.0243. The number of hydrogen-bond donors (Lipinski definition) is 1. The van der Waals surface area contributed by atoms with Gasteiger partial charge >= 0.3 is 0 Å². The zero-order chi connectivity index (χ0) is 17.4. The zero-order valence-electron chi connectivity index (χ0n) is 13.4. The summed E-state index contributed by atoms with van der Waals surface area (Å²) >= 11 is 0. The molecule has 1 atom stereocenters. The second kappa shape index (κ2) is 6.15. The fraction of sp³-hybridized carbons (Fsp3) is 0.438. The molecule has 3 amide bonds. The van der Waals surface area contributed by atoms with Crippen molar-refractivity contribution >= 4 is 17.7 Å². The molecule has 9 nitrogen and oxygen atoms in total. The van der Waals surface area contributed by atoms with Gasteiger partial charge in [-0.05, 0) is 12.1 Å². The maximum Gasteiger partial charge on any atom is 0.260 e. The minimum Gasteiger partial charge on any atom is -0.484 e. The summed E-state index contributed by atoms with van der Waals surface area (Å²) in [5, 5.41) is 2.55. The summed E-state index contributed by atoms with van der Waals surface area (Å²) in [4.78, 5) is 39.2. The molecule has 1 N–H and O–H groups in total. The van der Waals surface area contributed by atoms with Gasteiger partial charge in [-0.25, -0.2) is 0 Å². The molecule has 0 spiro atoms. The number of carbonyl (C=O) groups is 3. The van der Waals surface area contributed by atoms with Crippen molar-refractivity contribution in [3.05, 3.63) is 18.2 Å². The number of benzene rings is 1. The van der Waals surface area contributed by atoms with Crippen molar-refractivity contribution in [3.8, 4) is 17.2 Å². The average Bonchev–Trinajstić information content (AvgIpc) is 3.10. The number of ether oxygens (including phenoxy) is 3. The van der Waals surface area contributed by atoms with Crippen molar-refractivity contribution in [3.63, 3.8) is 0 Å². The quantitative estimate of drug-likeness (QED) is 0.750. The molecule has 0 bridgehead atoms. The zero-order valence-corrected chi connectivity index (χ0v) is 13.4. The van der Waals surface area contributed by atoms with Crippen LogP contribution < -0.4 is 19.5 Å². The highest BCUT2D eigenvalue weighted by atomic mass is 16.7. The van der Waals surface area contributed by atoms with Gasteiger partial charge in [0.15, 0.2) is 18.1 Å². The molecule has 0 saturated carbocycles. The summed E-state index contributed by atoms with van der Waals surface area (Å²) in [6.07, 6.45) is 0. The lowest BCUT2D eigenvalue weighted by Gasteiger charge is -2.42. The maximum absolute atomic E-state index is 12.4. The first-order valence-electron chi connectivity index (χ1n) is 7.99. The van der Waals surface area contributed by atoms with Gasteiger partial charge in [0.05, 0.1) is 13.1 Å². The predicted molar refractivity (Wildman–Crippen MR) is 83.2 cm³/mol. The molecule has 1 aromatic carbocycles. The molecular formula is C16H17N3O6. The first kappa shape index (κ1) is 15.6. The van der Waals surface area contributed by atoms with Gasteiger partial charge in [-0.1, -0.05) is 0 Å². The standard InChI is InChI=1S/C16H17N3O6/c20-14-6-17-16(22)11-7-18(3-4-19(11)14)15(21)8-23-10-1-2-12-13(5-10)25-9-24-12/h1-2,5,11H,3-4,6-9H2,(H,17,22)/t11-/m0/s1. The third-order valence-corrected chi connectivity index (χ3v) is 4.48. The first-order chi connectivity index (χ1) is 12.1. The number of hydrogen-bond acceptors (Lipinski definition) is 6. The molecule has 0 aliphatic carbocycles. The first-order valence-corrected chi connectivity index (χ1v) is 7.99. The van der Waals surface area contributed by atoms with Gasteiger partial charge in [-0.2, -0.15) is 0 Å². The molecule has 2 saturated heterocycles. The van der Waals surface area contributed by atoms with Crippen molar-refractivity contribution in [2.45, 2.75) is 6.04 Å². The van der Waals surface area contributed by atoms with E-state index in [0.717, 1.165) is 0 Å². The monoisotopic (exact) mass is 347 g/mol. The van der Waals surface area contributed by atoms with E-state index in [1.807, 2.05) is 0 Å². The molecule has 1 aromatic rings. The summed E-state index contributed by atoms with van der Waals surface area (Å²) in [6.45, 7) is 0.967. The summed E-state index contributed by atoms with van der Waals surface area (Å²) in [5.74, 6) is 1.14. The van der Waals surface area contributed by atoms with Crippen LogP contribution in [0.15, 0.2) is 18.2 Å². The number of nitrogens with one attached hydrogen (secondary N) is 1. The summed E-state index contributed by atoms with van der Waals surface area (Å²) in [7, 11) is 0. The van der Waals surface area contributed by atoms with Crippen LogP contribution in [-0.4, -0.2) is 73.1 Å². The lowest BCUT2D eigenvalue weighted by atomic mass is 10.1. The van der Waals surface area contributed by atoms with E-state index >= 15 is 0 Å². The third-order valence-electron chi connectivity index (χ3n) is 4.48. The van der Waals surface area contributed by atoms with Crippen molar-refractivity contribution < 1.29 is 28.6 Å². The second-order valence-corrected chi connectivity index (χ2v) is 5.96. The van der Waals surface area contributed by atoms with Crippen LogP contribution in [-0.2, 0) is 14.4 Å². The minimum atomic E-state index is -0.621. The maximum atomic E-state index is 12.4. The lowest BCUT2D eigenvalue weighted by molar-refractivity contribution is -0.153. The molecule has 9 heteroatoms. The molecule has 3 heterocycles. The van der Waals surface area contributed by atoms with Crippen molar-refractivity contribution in [1.82, 2.24) is 15.1 Å². The van der Waals surface area contributed by atoms with Gasteiger partial charge < -0.3 is 29.3 Å². The van der Waals surface area contributed by atoms with Crippen LogP contribution in [0.25, 0.3) is 0 Å². The number of amides is 3. The molecule has 2 fully saturated rings. The van der Waals surface area contributed by atoms with Gasteiger partial charge in [0.2, 0.25) is 18.6 Å². The summed E-state index contributed by atoms with van der Waals surface area (Å²) in [6, 6.07) is 4.47. The van der Waals surface area contributed by atoms with Crippen LogP contribution in [0.5, 0.6) is 17.2 Å². The Balaban J connectivity index is 1.35. The van der Waals surface area contributed by atoms with E-state index in [4.69, 9.17) is 14.2 Å². The number of carbonyl (C=O) groups excluding carboxylic acids is 3. The van der Waals surface area contributed by atoms with E-state index < -0.39 is 6.04 Å². The number of piperazine rings is 2. The molecule has 132 valence electrons. The largest absolute Gasteiger partial charge is 0.484 e. The molecule has 25 heavy (non-hydrogen) atoms.